The number of thiophene rings is 1. The van der Waals surface area contributed by atoms with E-state index in [0.29, 0.717) is 0 Å². The Bertz CT molecular complexity index is 348. The van der Waals surface area contributed by atoms with E-state index in [2.05, 4.69) is 31.4 Å². The van der Waals surface area contributed by atoms with E-state index in [4.69, 9.17) is 0 Å². The van der Waals surface area contributed by atoms with Gasteiger partial charge < -0.3 is 0 Å². The van der Waals surface area contributed by atoms with Gasteiger partial charge in [-0.1, -0.05) is 123 Å². The zero-order valence-electron chi connectivity index (χ0n) is 17.9. The Morgan fingerprint density at radius 2 is 1.04 bits per heavy atom. The van der Waals surface area contributed by atoms with E-state index < -0.39 is 0 Å². The van der Waals surface area contributed by atoms with Crippen LogP contribution >= 0.6 is 11.3 Å². The van der Waals surface area contributed by atoms with Gasteiger partial charge >= 0.3 is 0 Å². The summed E-state index contributed by atoms with van der Waals surface area (Å²) < 4.78 is 0. The fourth-order valence-electron chi connectivity index (χ4n) is 4.00. The Morgan fingerprint density at radius 1 is 0.615 bits per heavy atom. The lowest BCUT2D eigenvalue weighted by molar-refractivity contribution is 0.486. The molecule has 0 aliphatic heterocycles. The summed E-state index contributed by atoms with van der Waals surface area (Å²) in [7, 11) is 0. The van der Waals surface area contributed by atoms with E-state index in [9.17, 15) is 0 Å². The lowest BCUT2D eigenvalue weighted by Gasteiger charge is -2.15. The topological polar surface area (TPSA) is 0 Å². The molecule has 0 saturated carbocycles. The van der Waals surface area contributed by atoms with E-state index in [1.807, 2.05) is 11.3 Å². The van der Waals surface area contributed by atoms with Crippen molar-refractivity contribution in [3.8, 4) is 0 Å². The molecule has 1 rings (SSSR count). The van der Waals surface area contributed by atoms with Crippen LogP contribution in [0.15, 0.2) is 17.5 Å². The summed E-state index contributed by atoms with van der Waals surface area (Å²) in [5.74, 6) is 0.843. The Hall–Kier alpha value is -0.300. The molecule has 0 aromatic carbocycles. The van der Waals surface area contributed by atoms with Crippen LogP contribution in [0.2, 0.25) is 0 Å². The molecule has 0 amide bonds. The molecule has 0 spiro atoms. The monoisotopic (exact) mass is 378 g/mol. The van der Waals surface area contributed by atoms with E-state index in [0.717, 1.165) is 5.92 Å². The third-order valence-corrected chi connectivity index (χ3v) is 6.79. The van der Waals surface area contributed by atoms with Gasteiger partial charge in [0.2, 0.25) is 0 Å². The van der Waals surface area contributed by atoms with Crippen LogP contribution in [-0.4, -0.2) is 0 Å². The maximum absolute atomic E-state index is 2.38. The first-order valence-corrected chi connectivity index (χ1v) is 12.8. The van der Waals surface area contributed by atoms with E-state index in [1.165, 1.54) is 116 Å². The Kier molecular flexibility index (Phi) is 16.5. The summed E-state index contributed by atoms with van der Waals surface area (Å²) in [6.07, 6.45) is 25.9. The highest BCUT2D eigenvalue weighted by Crippen LogP contribution is 2.31. The largest absolute Gasteiger partial charge is 0.149 e. The number of unbranched alkanes of at least 4 members (excludes halogenated alkanes) is 14. The average molecular weight is 379 g/mol. The van der Waals surface area contributed by atoms with Gasteiger partial charge in [-0.05, 0) is 30.2 Å². The number of rotatable bonds is 19. The van der Waals surface area contributed by atoms with Crippen LogP contribution in [0.3, 0.4) is 0 Å². The smallest absolute Gasteiger partial charge is 0.00761 e. The van der Waals surface area contributed by atoms with Gasteiger partial charge in [0.1, 0.15) is 0 Å². The summed E-state index contributed by atoms with van der Waals surface area (Å²) in [4.78, 5) is 1.65. The first-order valence-electron chi connectivity index (χ1n) is 11.9. The summed E-state index contributed by atoms with van der Waals surface area (Å²) >= 11 is 1.99. The van der Waals surface area contributed by atoms with Gasteiger partial charge in [-0.2, -0.15) is 0 Å². The minimum Gasteiger partial charge on any atom is -0.149 e. The van der Waals surface area contributed by atoms with Gasteiger partial charge in [-0.3, -0.25) is 0 Å². The molecule has 1 aromatic rings. The second-order valence-corrected chi connectivity index (χ2v) is 9.22. The third-order valence-electron chi connectivity index (χ3n) is 5.76. The third kappa shape index (κ3) is 13.0. The molecule has 0 N–H and O–H groups in total. The molecular formula is C25H46S. The van der Waals surface area contributed by atoms with Crippen LogP contribution in [0.5, 0.6) is 0 Å². The van der Waals surface area contributed by atoms with Crippen LogP contribution in [-0.2, 0) is 0 Å². The minimum absolute atomic E-state index is 0.843. The molecule has 0 bridgehead atoms. The molecule has 0 atom stereocenters. The molecule has 0 unspecified atom stereocenters. The molecule has 0 saturated heterocycles. The summed E-state index contributed by atoms with van der Waals surface area (Å²) in [5, 5.41) is 2.27. The van der Waals surface area contributed by atoms with Crippen LogP contribution in [0, 0.1) is 0 Å². The zero-order valence-corrected chi connectivity index (χ0v) is 18.8. The molecule has 1 aromatic heterocycles. The first kappa shape index (κ1) is 23.7. The van der Waals surface area contributed by atoms with E-state index in [-0.39, 0.29) is 0 Å². The van der Waals surface area contributed by atoms with Crippen molar-refractivity contribution in [1.29, 1.82) is 0 Å². The van der Waals surface area contributed by atoms with Crippen molar-refractivity contribution in [3.05, 3.63) is 22.4 Å². The fourth-order valence-corrected chi connectivity index (χ4v) is 4.90. The standard InChI is InChI=1S/C25H46S/c1-3-5-7-9-11-13-15-17-20-24(25-22-19-23-26-25)21-18-16-14-12-10-8-6-4-2/h19,22-24H,3-18,20-21H2,1-2H3. The van der Waals surface area contributed by atoms with Gasteiger partial charge in [-0.25, -0.2) is 0 Å². The molecule has 1 heteroatoms. The second-order valence-electron chi connectivity index (χ2n) is 8.24. The summed E-state index contributed by atoms with van der Waals surface area (Å²) in [5.41, 5.74) is 0. The molecule has 0 aliphatic carbocycles. The van der Waals surface area contributed by atoms with Gasteiger partial charge in [0.25, 0.3) is 0 Å². The van der Waals surface area contributed by atoms with Gasteiger partial charge in [0.15, 0.2) is 0 Å². The van der Waals surface area contributed by atoms with Crippen molar-refractivity contribution in [3.63, 3.8) is 0 Å². The number of hydrogen-bond donors (Lipinski definition) is 0. The highest BCUT2D eigenvalue weighted by molar-refractivity contribution is 7.10. The SMILES string of the molecule is CCCCCCCCCCC(CCCCCCCCCC)c1cccs1. The Morgan fingerprint density at radius 3 is 1.42 bits per heavy atom. The van der Waals surface area contributed by atoms with Crippen molar-refractivity contribution >= 4 is 11.3 Å². The van der Waals surface area contributed by atoms with Crippen molar-refractivity contribution < 1.29 is 0 Å². The van der Waals surface area contributed by atoms with Crippen LogP contribution in [0.4, 0.5) is 0 Å². The van der Waals surface area contributed by atoms with Gasteiger partial charge in [-0.15, -0.1) is 11.3 Å². The predicted octanol–water partition coefficient (Wildman–Crippen LogP) is 9.89. The zero-order chi connectivity index (χ0) is 18.7. The molecular weight excluding hydrogens is 332 g/mol. The lowest BCUT2D eigenvalue weighted by Crippen LogP contribution is -1.97. The maximum Gasteiger partial charge on any atom is 0.00761 e. The lowest BCUT2D eigenvalue weighted by atomic mass is 9.93. The normalized spacial score (nSPS) is 11.5. The molecule has 152 valence electrons. The van der Waals surface area contributed by atoms with Crippen LogP contribution in [0.25, 0.3) is 0 Å². The van der Waals surface area contributed by atoms with Crippen molar-refractivity contribution in [1.82, 2.24) is 0 Å². The quantitative estimate of drug-likeness (QED) is 0.210. The second kappa shape index (κ2) is 18.1. The highest BCUT2D eigenvalue weighted by Gasteiger charge is 2.12. The fraction of sp³-hybridized carbons (Fsp3) is 0.840. The molecule has 1 heterocycles. The van der Waals surface area contributed by atoms with Crippen molar-refractivity contribution in [2.75, 3.05) is 0 Å². The summed E-state index contributed by atoms with van der Waals surface area (Å²) in [6, 6.07) is 4.62. The minimum atomic E-state index is 0.843. The van der Waals surface area contributed by atoms with Crippen molar-refractivity contribution in [2.24, 2.45) is 0 Å². The van der Waals surface area contributed by atoms with Gasteiger partial charge in [0, 0.05) is 4.88 Å². The van der Waals surface area contributed by atoms with Crippen molar-refractivity contribution in [2.45, 2.75) is 135 Å². The predicted molar refractivity (Wildman–Crippen MR) is 122 cm³/mol. The highest BCUT2D eigenvalue weighted by atomic mass is 32.1. The molecule has 0 radical (unpaired) electrons. The molecule has 0 aliphatic rings. The average Bonchev–Trinajstić information content (AvgIpc) is 3.19. The summed E-state index contributed by atoms with van der Waals surface area (Å²) in [6.45, 7) is 4.61. The Labute approximate surface area is 169 Å². The van der Waals surface area contributed by atoms with Gasteiger partial charge in [0.05, 0.1) is 0 Å². The first-order chi connectivity index (χ1) is 12.9. The van der Waals surface area contributed by atoms with Crippen LogP contribution < -0.4 is 0 Å². The van der Waals surface area contributed by atoms with Crippen LogP contribution in [0.1, 0.15) is 140 Å². The number of hydrogen-bond acceptors (Lipinski definition) is 1. The van der Waals surface area contributed by atoms with E-state index in [1.54, 1.807) is 4.88 Å². The molecule has 0 fully saturated rings. The molecule has 26 heavy (non-hydrogen) atoms. The Balaban J connectivity index is 2.09. The maximum atomic E-state index is 2.38. The van der Waals surface area contributed by atoms with E-state index >= 15 is 0 Å². The molecule has 0 nitrogen and oxygen atoms in total.